The Kier molecular flexibility index (Phi) is 4.50. The predicted molar refractivity (Wildman–Crippen MR) is 73.4 cm³/mol. The maximum atomic E-state index is 11.2. The van der Waals surface area contributed by atoms with E-state index in [0.717, 1.165) is 0 Å². The van der Waals surface area contributed by atoms with E-state index in [1.54, 1.807) is 30.5 Å². The van der Waals surface area contributed by atoms with E-state index in [1.165, 1.54) is 26.0 Å². The van der Waals surface area contributed by atoms with Gasteiger partial charge in [0.05, 0.1) is 0 Å². The van der Waals surface area contributed by atoms with Gasteiger partial charge in [-0.1, -0.05) is 12.1 Å². The number of hydrogen-bond donors (Lipinski definition) is 0. The number of hydrogen-bond acceptors (Lipinski definition) is 6. The van der Waals surface area contributed by atoms with Crippen LogP contribution in [0.5, 0.6) is 23.1 Å². The lowest BCUT2D eigenvalue weighted by atomic mass is 10.3. The van der Waals surface area contributed by atoms with Crippen LogP contribution in [0.15, 0.2) is 42.6 Å². The molecule has 0 radical (unpaired) electrons. The van der Waals surface area contributed by atoms with E-state index >= 15 is 0 Å². The SMILES string of the molecule is CC(=O)Oc1cccc(OC(C)=O)c1Oc1ccccn1. The van der Waals surface area contributed by atoms with Crippen LogP contribution in [0.4, 0.5) is 0 Å². The first-order chi connectivity index (χ1) is 10.1. The molecule has 6 heteroatoms. The lowest BCUT2D eigenvalue weighted by Gasteiger charge is -2.13. The Labute approximate surface area is 121 Å². The lowest BCUT2D eigenvalue weighted by molar-refractivity contribution is -0.132. The van der Waals surface area contributed by atoms with Gasteiger partial charge in [-0.05, 0) is 18.2 Å². The normalized spacial score (nSPS) is 9.81. The molecule has 0 amide bonds. The number of rotatable bonds is 4. The lowest BCUT2D eigenvalue weighted by Crippen LogP contribution is -2.06. The minimum atomic E-state index is -0.513. The zero-order valence-corrected chi connectivity index (χ0v) is 11.5. The van der Waals surface area contributed by atoms with E-state index in [1.807, 2.05) is 0 Å². The van der Waals surface area contributed by atoms with E-state index in [2.05, 4.69) is 4.98 Å². The van der Waals surface area contributed by atoms with Crippen LogP contribution in [0, 0.1) is 0 Å². The molecule has 0 saturated heterocycles. The van der Waals surface area contributed by atoms with Crippen molar-refractivity contribution in [3.63, 3.8) is 0 Å². The third-order valence-electron chi connectivity index (χ3n) is 2.29. The molecular weight excluding hydrogens is 274 g/mol. The molecule has 0 spiro atoms. The highest BCUT2D eigenvalue weighted by Gasteiger charge is 2.17. The number of aromatic nitrogens is 1. The molecule has 0 atom stereocenters. The van der Waals surface area contributed by atoms with Crippen molar-refractivity contribution < 1.29 is 23.8 Å². The molecular formula is C15H13NO5. The predicted octanol–water partition coefficient (Wildman–Crippen LogP) is 2.72. The molecule has 0 aliphatic rings. The van der Waals surface area contributed by atoms with Gasteiger partial charge in [0, 0.05) is 26.1 Å². The van der Waals surface area contributed by atoms with Crippen LogP contribution in [0.1, 0.15) is 13.8 Å². The van der Waals surface area contributed by atoms with Crippen molar-refractivity contribution in [3.8, 4) is 23.1 Å². The van der Waals surface area contributed by atoms with Gasteiger partial charge in [-0.15, -0.1) is 0 Å². The Balaban J connectivity index is 2.41. The molecule has 108 valence electrons. The van der Waals surface area contributed by atoms with Gasteiger partial charge in [-0.3, -0.25) is 9.59 Å². The topological polar surface area (TPSA) is 74.7 Å². The van der Waals surface area contributed by atoms with E-state index in [4.69, 9.17) is 14.2 Å². The molecule has 2 rings (SSSR count). The molecule has 6 nitrogen and oxygen atoms in total. The Hall–Kier alpha value is -2.89. The largest absolute Gasteiger partial charge is 0.431 e. The average molecular weight is 287 g/mol. The molecule has 1 aromatic heterocycles. The smallest absolute Gasteiger partial charge is 0.308 e. The fourth-order valence-electron chi connectivity index (χ4n) is 1.58. The second kappa shape index (κ2) is 6.51. The zero-order valence-electron chi connectivity index (χ0n) is 11.5. The average Bonchev–Trinajstić information content (AvgIpc) is 2.42. The van der Waals surface area contributed by atoms with Gasteiger partial charge in [0.2, 0.25) is 11.6 Å². The number of carbonyl (C=O) groups excluding carboxylic acids is 2. The van der Waals surface area contributed by atoms with E-state index in [-0.39, 0.29) is 23.1 Å². The van der Waals surface area contributed by atoms with Crippen LogP contribution in [-0.4, -0.2) is 16.9 Å². The van der Waals surface area contributed by atoms with Crippen molar-refractivity contribution in [3.05, 3.63) is 42.6 Å². The summed E-state index contributed by atoms with van der Waals surface area (Å²) >= 11 is 0. The number of ether oxygens (including phenoxy) is 3. The molecule has 0 bridgehead atoms. The second-order valence-electron chi connectivity index (χ2n) is 4.04. The summed E-state index contributed by atoms with van der Waals surface area (Å²) in [7, 11) is 0. The highest BCUT2D eigenvalue weighted by atomic mass is 16.6. The maximum Gasteiger partial charge on any atom is 0.308 e. The molecule has 0 aliphatic carbocycles. The number of esters is 2. The number of nitrogens with zero attached hydrogens (tertiary/aromatic N) is 1. The van der Waals surface area contributed by atoms with Crippen molar-refractivity contribution >= 4 is 11.9 Å². The van der Waals surface area contributed by atoms with Crippen molar-refractivity contribution in [1.82, 2.24) is 4.98 Å². The highest BCUT2D eigenvalue weighted by Crippen LogP contribution is 2.39. The molecule has 0 N–H and O–H groups in total. The molecule has 0 unspecified atom stereocenters. The molecule has 0 fully saturated rings. The Morgan fingerprint density at radius 2 is 1.52 bits per heavy atom. The molecule has 21 heavy (non-hydrogen) atoms. The summed E-state index contributed by atoms with van der Waals surface area (Å²) in [6.07, 6.45) is 1.55. The van der Waals surface area contributed by atoms with Crippen LogP contribution in [0.3, 0.4) is 0 Å². The van der Waals surface area contributed by atoms with Gasteiger partial charge in [0.15, 0.2) is 11.5 Å². The van der Waals surface area contributed by atoms with E-state index in [0.29, 0.717) is 0 Å². The number of pyridine rings is 1. The van der Waals surface area contributed by atoms with Crippen LogP contribution in [0.25, 0.3) is 0 Å². The number of benzene rings is 1. The summed E-state index contributed by atoms with van der Waals surface area (Å²) in [6, 6.07) is 9.75. The third-order valence-corrected chi connectivity index (χ3v) is 2.29. The summed E-state index contributed by atoms with van der Waals surface area (Å²) in [6.45, 7) is 2.53. The maximum absolute atomic E-state index is 11.2. The first-order valence-corrected chi connectivity index (χ1v) is 6.15. The minimum Gasteiger partial charge on any atom is -0.431 e. The fraction of sp³-hybridized carbons (Fsp3) is 0.133. The van der Waals surface area contributed by atoms with Gasteiger partial charge in [0.25, 0.3) is 0 Å². The first kappa shape index (κ1) is 14.5. The fourth-order valence-corrected chi connectivity index (χ4v) is 1.58. The van der Waals surface area contributed by atoms with Crippen LogP contribution in [-0.2, 0) is 9.59 Å². The summed E-state index contributed by atoms with van der Waals surface area (Å²) in [5, 5.41) is 0. The monoisotopic (exact) mass is 287 g/mol. The van der Waals surface area contributed by atoms with Crippen LogP contribution in [0.2, 0.25) is 0 Å². The molecule has 0 aliphatic heterocycles. The Bertz CT molecular complexity index is 620. The second-order valence-corrected chi connectivity index (χ2v) is 4.04. The van der Waals surface area contributed by atoms with Crippen molar-refractivity contribution in [2.75, 3.05) is 0 Å². The van der Waals surface area contributed by atoms with Crippen molar-refractivity contribution in [2.45, 2.75) is 13.8 Å². The van der Waals surface area contributed by atoms with Crippen molar-refractivity contribution in [1.29, 1.82) is 0 Å². The highest BCUT2D eigenvalue weighted by molar-refractivity contribution is 5.74. The summed E-state index contributed by atoms with van der Waals surface area (Å²) in [5.41, 5.74) is 0. The Morgan fingerprint density at radius 1 is 0.905 bits per heavy atom. The van der Waals surface area contributed by atoms with Gasteiger partial charge in [-0.25, -0.2) is 4.98 Å². The molecule has 1 heterocycles. The van der Waals surface area contributed by atoms with Crippen LogP contribution >= 0.6 is 0 Å². The molecule has 1 aromatic carbocycles. The van der Waals surface area contributed by atoms with E-state index < -0.39 is 11.9 Å². The van der Waals surface area contributed by atoms with Gasteiger partial charge >= 0.3 is 11.9 Å². The summed E-state index contributed by atoms with van der Waals surface area (Å²) in [5.74, 6) is -0.340. The molecule has 2 aromatic rings. The van der Waals surface area contributed by atoms with Gasteiger partial charge in [-0.2, -0.15) is 0 Å². The Morgan fingerprint density at radius 3 is 2.00 bits per heavy atom. The first-order valence-electron chi connectivity index (χ1n) is 6.15. The number of para-hydroxylation sites is 1. The van der Waals surface area contributed by atoms with Crippen LogP contribution < -0.4 is 14.2 Å². The summed E-state index contributed by atoms with van der Waals surface area (Å²) < 4.78 is 15.7. The summed E-state index contributed by atoms with van der Waals surface area (Å²) in [4.78, 5) is 26.3. The van der Waals surface area contributed by atoms with E-state index in [9.17, 15) is 9.59 Å². The molecule has 0 saturated carbocycles. The van der Waals surface area contributed by atoms with Crippen molar-refractivity contribution in [2.24, 2.45) is 0 Å². The zero-order chi connectivity index (χ0) is 15.2. The quantitative estimate of drug-likeness (QED) is 0.635. The van der Waals surface area contributed by atoms with Gasteiger partial charge < -0.3 is 14.2 Å². The minimum absolute atomic E-state index is 0.113. The standard InChI is InChI=1S/C15H13NO5/c1-10(17)19-12-6-5-7-13(20-11(2)18)15(12)21-14-8-3-4-9-16-14/h3-9H,1-2H3. The van der Waals surface area contributed by atoms with Gasteiger partial charge in [0.1, 0.15) is 0 Å². The number of carbonyl (C=O) groups is 2. The third kappa shape index (κ3) is 4.04.